The molecule has 0 amide bonds. The summed E-state index contributed by atoms with van der Waals surface area (Å²) < 4.78 is 0. The van der Waals surface area contributed by atoms with E-state index >= 15 is 0 Å². The number of hydrogen-bond acceptors (Lipinski definition) is 1. The molecule has 0 aliphatic rings. The monoisotopic (exact) mass is 227 g/mol. The van der Waals surface area contributed by atoms with Gasteiger partial charge in [0.15, 0.2) is 0 Å². The average molecular weight is 227 g/mol. The van der Waals surface area contributed by atoms with E-state index in [1.165, 1.54) is 16.3 Å². The van der Waals surface area contributed by atoms with Gasteiger partial charge >= 0.3 is 0 Å². The summed E-state index contributed by atoms with van der Waals surface area (Å²) >= 11 is 0. The molecule has 0 fully saturated rings. The highest BCUT2D eigenvalue weighted by Gasteiger charge is 2.15. The number of aromatic nitrogens is 1. The maximum atomic E-state index is 4.14. The fourth-order valence-corrected chi connectivity index (χ4v) is 2.86. The van der Waals surface area contributed by atoms with E-state index in [0.29, 0.717) is 0 Å². The maximum absolute atomic E-state index is 4.14. The minimum Gasteiger partial charge on any atom is -0.264 e. The van der Waals surface area contributed by atoms with Crippen LogP contribution in [0.4, 0.5) is 0 Å². The third kappa shape index (κ3) is 2.39. The molecule has 0 saturated carbocycles. The number of benzene rings is 1. The lowest BCUT2D eigenvalue weighted by Crippen LogP contribution is -2.37. The van der Waals surface area contributed by atoms with Gasteiger partial charge < -0.3 is 0 Å². The summed E-state index contributed by atoms with van der Waals surface area (Å²) in [6.45, 7) is 7.10. The first-order valence-corrected chi connectivity index (χ1v) is 9.08. The lowest BCUT2D eigenvalue weighted by molar-refractivity contribution is 1.33. The van der Waals surface area contributed by atoms with Crippen LogP contribution >= 0.6 is 0 Å². The molecule has 2 aromatic rings. The molecule has 0 radical (unpaired) electrons. The lowest BCUT2D eigenvalue weighted by atomic mass is 10.1. The Labute approximate surface area is 98.2 Å². The highest BCUT2D eigenvalue weighted by atomic mass is 28.3. The van der Waals surface area contributed by atoms with Crippen molar-refractivity contribution in [1.29, 1.82) is 0 Å². The van der Waals surface area contributed by atoms with Crippen molar-refractivity contribution in [3.8, 4) is 11.1 Å². The van der Waals surface area contributed by atoms with Gasteiger partial charge in [-0.1, -0.05) is 55.2 Å². The summed E-state index contributed by atoms with van der Waals surface area (Å²) in [6, 6.07) is 13.0. The zero-order valence-corrected chi connectivity index (χ0v) is 11.1. The minimum absolute atomic E-state index is 1.17. The molecule has 0 aliphatic carbocycles. The molecule has 16 heavy (non-hydrogen) atoms. The third-order valence-corrected chi connectivity index (χ3v) is 4.81. The van der Waals surface area contributed by atoms with Gasteiger partial charge in [0.05, 0.1) is 8.07 Å². The Bertz CT molecular complexity index is 454. The van der Waals surface area contributed by atoms with Crippen LogP contribution < -0.4 is 5.19 Å². The zero-order valence-electron chi connectivity index (χ0n) is 10.1. The molecule has 0 bridgehead atoms. The Morgan fingerprint density at radius 1 is 0.875 bits per heavy atom. The van der Waals surface area contributed by atoms with Gasteiger partial charge in [-0.3, -0.25) is 4.98 Å². The molecule has 1 nitrogen and oxygen atoms in total. The van der Waals surface area contributed by atoms with E-state index in [1.54, 1.807) is 6.20 Å². The largest absolute Gasteiger partial charge is 0.264 e. The van der Waals surface area contributed by atoms with Gasteiger partial charge in [-0.2, -0.15) is 0 Å². The normalized spacial score (nSPS) is 11.4. The highest BCUT2D eigenvalue weighted by molar-refractivity contribution is 6.88. The number of pyridine rings is 1. The Balaban J connectivity index is 2.34. The second kappa shape index (κ2) is 4.22. The van der Waals surface area contributed by atoms with E-state index in [1.807, 2.05) is 12.3 Å². The maximum Gasteiger partial charge on any atom is 0.0775 e. The van der Waals surface area contributed by atoms with Crippen molar-refractivity contribution < 1.29 is 0 Å². The van der Waals surface area contributed by atoms with E-state index < -0.39 is 8.07 Å². The fraction of sp³-hybridized carbons (Fsp3) is 0.214. The molecule has 1 aromatic heterocycles. The zero-order chi connectivity index (χ0) is 11.6. The van der Waals surface area contributed by atoms with Gasteiger partial charge in [-0.25, -0.2) is 0 Å². The van der Waals surface area contributed by atoms with Crippen LogP contribution in [-0.2, 0) is 0 Å². The molecule has 0 aliphatic heterocycles. The summed E-state index contributed by atoms with van der Waals surface area (Å²) in [5.74, 6) is 0. The minimum atomic E-state index is -1.17. The van der Waals surface area contributed by atoms with Crippen molar-refractivity contribution in [3.63, 3.8) is 0 Å². The third-order valence-electron chi connectivity index (χ3n) is 2.75. The molecule has 2 rings (SSSR count). The summed E-state index contributed by atoms with van der Waals surface area (Å²) in [6.07, 6.45) is 3.71. The Morgan fingerprint density at radius 3 is 2.06 bits per heavy atom. The van der Waals surface area contributed by atoms with Crippen LogP contribution in [0, 0.1) is 0 Å². The molecule has 0 saturated heterocycles. The van der Waals surface area contributed by atoms with E-state index in [4.69, 9.17) is 0 Å². The first-order valence-electron chi connectivity index (χ1n) is 5.58. The second-order valence-electron chi connectivity index (χ2n) is 5.07. The van der Waals surface area contributed by atoms with Crippen molar-refractivity contribution in [2.45, 2.75) is 19.6 Å². The molecule has 2 heteroatoms. The van der Waals surface area contributed by atoms with Gasteiger partial charge in [-0.05, 0) is 17.2 Å². The highest BCUT2D eigenvalue weighted by Crippen LogP contribution is 2.17. The van der Waals surface area contributed by atoms with Gasteiger partial charge in [0, 0.05) is 12.4 Å². The molecule has 1 heterocycles. The number of rotatable bonds is 2. The Morgan fingerprint density at radius 2 is 1.56 bits per heavy atom. The van der Waals surface area contributed by atoms with E-state index in [0.717, 1.165) is 0 Å². The van der Waals surface area contributed by atoms with Crippen molar-refractivity contribution in [2.75, 3.05) is 0 Å². The number of nitrogens with zero attached hydrogens (tertiary/aromatic N) is 1. The number of hydrogen-bond donors (Lipinski definition) is 0. The first kappa shape index (κ1) is 11.1. The predicted octanol–water partition coefficient (Wildman–Crippen LogP) is 3.29. The van der Waals surface area contributed by atoms with E-state index in [2.05, 4.69) is 55.0 Å². The molecule has 1 aromatic carbocycles. The van der Waals surface area contributed by atoms with Crippen LogP contribution in [0.5, 0.6) is 0 Å². The second-order valence-corrected chi connectivity index (χ2v) is 10.1. The average Bonchev–Trinajstić information content (AvgIpc) is 2.29. The van der Waals surface area contributed by atoms with Crippen molar-refractivity contribution >= 4 is 13.3 Å². The van der Waals surface area contributed by atoms with Crippen molar-refractivity contribution in [2.24, 2.45) is 0 Å². The Hall–Kier alpha value is -1.41. The van der Waals surface area contributed by atoms with Crippen LogP contribution in [-0.4, -0.2) is 13.1 Å². The molecule has 0 atom stereocenters. The van der Waals surface area contributed by atoms with E-state index in [-0.39, 0.29) is 0 Å². The van der Waals surface area contributed by atoms with Gasteiger partial charge in [-0.15, -0.1) is 0 Å². The van der Waals surface area contributed by atoms with Crippen LogP contribution in [0.3, 0.4) is 0 Å². The predicted molar refractivity (Wildman–Crippen MR) is 72.7 cm³/mol. The fourth-order valence-electron chi connectivity index (χ4n) is 1.70. The molecule has 0 unspecified atom stereocenters. The first-order chi connectivity index (χ1) is 7.57. The summed E-state index contributed by atoms with van der Waals surface area (Å²) in [4.78, 5) is 4.14. The van der Waals surface area contributed by atoms with Crippen LogP contribution in [0.1, 0.15) is 0 Å². The van der Waals surface area contributed by atoms with Gasteiger partial charge in [0.2, 0.25) is 0 Å². The topological polar surface area (TPSA) is 12.9 Å². The van der Waals surface area contributed by atoms with Crippen molar-refractivity contribution in [3.05, 3.63) is 48.8 Å². The summed E-state index contributed by atoms with van der Waals surface area (Å²) in [5, 5.41) is 1.50. The van der Waals surface area contributed by atoms with Crippen molar-refractivity contribution in [1.82, 2.24) is 4.98 Å². The van der Waals surface area contributed by atoms with Gasteiger partial charge in [0.1, 0.15) is 0 Å². The quantitative estimate of drug-likeness (QED) is 0.717. The SMILES string of the molecule is C[Si](C)(C)c1ccc(-c2cccnc2)cc1. The lowest BCUT2D eigenvalue weighted by Gasteiger charge is -2.16. The van der Waals surface area contributed by atoms with Crippen LogP contribution in [0.15, 0.2) is 48.8 Å². The molecule has 82 valence electrons. The van der Waals surface area contributed by atoms with Gasteiger partial charge in [0.25, 0.3) is 0 Å². The molecular weight excluding hydrogens is 210 g/mol. The smallest absolute Gasteiger partial charge is 0.0775 e. The van der Waals surface area contributed by atoms with Crippen LogP contribution in [0.25, 0.3) is 11.1 Å². The summed E-state index contributed by atoms with van der Waals surface area (Å²) in [5.41, 5.74) is 2.43. The van der Waals surface area contributed by atoms with Crippen LogP contribution in [0.2, 0.25) is 19.6 Å². The van der Waals surface area contributed by atoms with E-state index in [9.17, 15) is 0 Å². The summed E-state index contributed by atoms with van der Waals surface area (Å²) in [7, 11) is -1.17. The standard InChI is InChI=1S/C14H17NSi/c1-16(2,3)14-8-6-12(7-9-14)13-5-4-10-15-11-13/h4-11H,1-3H3. The molecule has 0 N–H and O–H groups in total. The molecule has 0 spiro atoms. The Kier molecular flexibility index (Phi) is 2.92. The molecular formula is C14H17NSi.